The predicted octanol–water partition coefficient (Wildman–Crippen LogP) is 10.1. The zero-order valence-electron chi connectivity index (χ0n) is 19.5. The van der Waals surface area contributed by atoms with Gasteiger partial charge in [-0.1, -0.05) is 150 Å². The largest absolute Gasteiger partial charge is 0.0654 e. The number of hydrogen-bond acceptors (Lipinski definition) is 0. The van der Waals surface area contributed by atoms with Gasteiger partial charge in [0.2, 0.25) is 0 Å². The van der Waals surface area contributed by atoms with Crippen LogP contribution in [0.25, 0.3) is 0 Å². The molecule has 1 atom stereocenters. The minimum Gasteiger partial charge on any atom is -0.0654 e. The van der Waals surface area contributed by atoms with Gasteiger partial charge in [-0.2, -0.15) is 0 Å². The highest BCUT2D eigenvalue weighted by molar-refractivity contribution is 4.63. The molecule has 0 saturated carbocycles. The van der Waals surface area contributed by atoms with E-state index < -0.39 is 0 Å². The molecule has 0 aliphatic carbocycles. The maximum atomic E-state index is 2.37. The fraction of sp³-hybridized carbons (Fsp3) is 1.00. The van der Waals surface area contributed by atoms with Crippen molar-refractivity contribution in [3.8, 4) is 0 Å². The van der Waals surface area contributed by atoms with E-state index in [-0.39, 0.29) is 0 Å². The highest BCUT2D eigenvalue weighted by atomic mass is 14.2. The van der Waals surface area contributed by atoms with E-state index in [2.05, 4.69) is 34.6 Å². The lowest BCUT2D eigenvalue weighted by Crippen LogP contribution is -2.03. The lowest BCUT2D eigenvalue weighted by Gasteiger charge is -2.17. The maximum absolute atomic E-state index is 2.37. The average Bonchev–Trinajstić information content (AvgIpc) is 2.58. The lowest BCUT2D eigenvalue weighted by atomic mass is 9.89. The number of hydrogen-bond donors (Lipinski definition) is 0. The van der Waals surface area contributed by atoms with Gasteiger partial charge in [0.05, 0.1) is 0 Å². The van der Waals surface area contributed by atoms with Crippen LogP contribution in [0.5, 0.6) is 0 Å². The van der Waals surface area contributed by atoms with Gasteiger partial charge in [0.1, 0.15) is 0 Å². The van der Waals surface area contributed by atoms with Gasteiger partial charge in [0, 0.05) is 0 Å². The normalized spacial score (nSPS) is 13.3. The van der Waals surface area contributed by atoms with Gasteiger partial charge in [-0.15, -0.1) is 0 Å². The van der Waals surface area contributed by atoms with Gasteiger partial charge in [0.25, 0.3) is 0 Å². The lowest BCUT2D eigenvalue weighted by molar-refractivity contribution is 0.354. The Labute approximate surface area is 168 Å². The van der Waals surface area contributed by atoms with Crippen molar-refractivity contribution in [1.29, 1.82) is 0 Å². The molecule has 0 heteroatoms. The van der Waals surface area contributed by atoms with Crippen molar-refractivity contribution >= 4 is 0 Å². The first-order valence-electron chi connectivity index (χ1n) is 12.5. The number of unbranched alkanes of at least 4 members (excludes halogenated alkanes) is 12. The van der Waals surface area contributed by atoms with Crippen LogP contribution in [0, 0.1) is 11.3 Å². The van der Waals surface area contributed by atoms with Gasteiger partial charge in [-0.05, 0) is 17.8 Å². The van der Waals surface area contributed by atoms with Crippen LogP contribution in [-0.2, 0) is 0 Å². The van der Waals surface area contributed by atoms with E-state index in [0.29, 0.717) is 5.41 Å². The topological polar surface area (TPSA) is 0 Å². The third-order valence-electron chi connectivity index (χ3n) is 5.97. The quantitative estimate of drug-likeness (QED) is 0.199. The Hall–Kier alpha value is 0. The van der Waals surface area contributed by atoms with Crippen molar-refractivity contribution in [1.82, 2.24) is 0 Å². The molecule has 0 bridgehead atoms. The van der Waals surface area contributed by atoms with E-state index in [1.165, 1.54) is 122 Å². The van der Waals surface area contributed by atoms with Crippen LogP contribution in [0.1, 0.15) is 157 Å². The molecule has 0 N–H and O–H groups in total. The van der Waals surface area contributed by atoms with E-state index in [1.54, 1.807) is 0 Å². The molecule has 0 aliphatic rings. The summed E-state index contributed by atoms with van der Waals surface area (Å²) in [6.07, 6.45) is 27.8. The Kier molecular flexibility index (Phi) is 18.4. The summed E-state index contributed by atoms with van der Waals surface area (Å²) in [5, 5.41) is 0. The molecule has 158 valence electrons. The first-order valence-corrected chi connectivity index (χ1v) is 12.5. The SMILES string of the molecule is CCCCCCCC(CCCCC)CCCCCCCCCC(C)(C)C. The summed E-state index contributed by atoms with van der Waals surface area (Å²) in [4.78, 5) is 0. The molecule has 0 saturated heterocycles. The Bertz CT molecular complexity index is 260. The molecular formula is C26H54. The highest BCUT2D eigenvalue weighted by Crippen LogP contribution is 2.25. The summed E-state index contributed by atoms with van der Waals surface area (Å²) in [5.74, 6) is 1.04. The maximum Gasteiger partial charge on any atom is -0.0383 e. The zero-order chi connectivity index (χ0) is 19.5. The van der Waals surface area contributed by atoms with E-state index in [9.17, 15) is 0 Å². The van der Waals surface area contributed by atoms with Crippen molar-refractivity contribution in [2.24, 2.45) is 11.3 Å². The van der Waals surface area contributed by atoms with Crippen LogP contribution in [0.15, 0.2) is 0 Å². The van der Waals surface area contributed by atoms with Crippen molar-refractivity contribution < 1.29 is 0 Å². The van der Waals surface area contributed by atoms with E-state index >= 15 is 0 Å². The van der Waals surface area contributed by atoms with Gasteiger partial charge in [0.15, 0.2) is 0 Å². The van der Waals surface area contributed by atoms with Gasteiger partial charge in [-0.25, -0.2) is 0 Å². The molecule has 0 radical (unpaired) electrons. The van der Waals surface area contributed by atoms with E-state index in [1.807, 2.05) is 0 Å². The fourth-order valence-corrected chi connectivity index (χ4v) is 4.12. The van der Waals surface area contributed by atoms with Gasteiger partial charge in [-0.3, -0.25) is 0 Å². The molecule has 26 heavy (non-hydrogen) atoms. The molecule has 0 rings (SSSR count). The first kappa shape index (κ1) is 26.0. The molecular weight excluding hydrogens is 312 g/mol. The molecule has 0 spiro atoms. The van der Waals surface area contributed by atoms with Crippen molar-refractivity contribution in [2.75, 3.05) is 0 Å². The van der Waals surface area contributed by atoms with Gasteiger partial charge >= 0.3 is 0 Å². The Morgan fingerprint density at radius 1 is 0.462 bits per heavy atom. The number of rotatable bonds is 19. The molecule has 0 nitrogen and oxygen atoms in total. The second kappa shape index (κ2) is 18.4. The van der Waals surface area contributed by atoms with E-state index in [0.717, 1.165) is 5.92 Å². The van der Waals surface area contributed by atoms with Crippen molar-refractivity contribution in [2.45, 2.75) is 157 Å². The average molecular weight is 367 g/mol. The standard InChI is InChI=1S/C26H54/c1-6-8-10-14-18-22-25(21-17-9-7-2)23-19-15-12-11-13-16-20-24-26(3,4)5/h25H,6-24H2,1-5H3. The summed E-state index contributed by atoms with van der Waals surface area (Å²) in [6.45, 7) is 11.8. The van der Waals surface area contributed by atoms with Crippen LogP contribution in [0.4, 0.5) is 0 Å². The Balaban J connectivity index is 3.64. The van der Waals surface area contributed by atoms with Crippen LogP contribution in [-0.4, -0.2) is 0 Å². The molecule has 0 heterocycles. The Morgan fingerprint density at radius 2 is 0.808 bits per heavy atom. The minimum absolute atomic E-state index is 0.531. The third kappa shape index (κ3) is 20.3. The molecule has 0 amide bonds. The molecule has 0 aromatic carbocycles. The smallest absolute Gasteiger partial charge is 0.0383 e. The van der Waals surface area contributed by atoms with Crippen LogP contribution in [0.3, 0.4) is 0 Å². The third-order valence-corrected chi connectivity index (χ3v) is 5.97. The molecule has 0 aliphatic heterocycles. The molecule has 0 aromatic rings. The second-order valence-corrected chi connectivity index (χ2v) is 10.1. The zero-order valence-corrected chi connectivity index (χ0v) is 19.5. The van der Waals surface area contributed by atoms with Crippen LogP contribution < -0.4 is 0 Å². The Morgan fingerprint density at radius 3 is 1.27 bits per heavy atom. The van der Waals surface area contributed by atoms with Crippen molar-refractivity contribution in [3.05, 3.63) is 0 Å². The van der Waals surface area contributed by atoms with E-state index in [4.69, 9.17) is 0 Å². The summed E-state index contributed by atoms with van der Waals surface area (Å²) >= 11 is 0. The minimum atomic E-state index is 0.531. The molecule has 0 aromatic heterocycles. The molecule has 0 fully saturated rings. The van der Waals surface area contributed by atoms with Crippen molar-refractivity contribution in [3.63, 3.8) is 0 Å². The fourth-order valence-electron chi connectivity index (χ4n) is 4.12. The van der Waals surface area contributed by atoms with Crippen LogP contribution >= 0.6 is 0 Å². The highest BCUT2D eigenvalue weighted by Gasteiger charge is 2.09. The second-order valence-electron chi connectivity index (χ2n) is 10.1. The monoisotopic (exact) mass is 366 g/mol. The summed E-state index contributed by atoms with van der Waals surface area (Å²) < 4.78 is 0. The summed E-state index contributed by atoms with van der Waals surface area (Å²) in [7, 11) is 0. The summed E-state index contributed by atoms with van der Waals surface area (Å²) in [5.41, 5.74) is 0.531. The molecule has 1 unspecified atom stereocenters. The predicted molar refractivity (Wildman–Crippen MR) is 122 cm³/mol. The first-order chi connectivity index (χ1) is 12.5. The van der Waals surface area contributed by atoms with Gasteiger partial charge < -0.3 is 0 Å². The van der Waals surface area contributed by atoms with Crippen LogP contribution in [0.2, 0.25) is 0 Å². The summed E-state index contributed by atoms with van der Waals surface area (Å²) in [6, 6.07) is 0.